The van der Waals surface area contributed by atoms with E-state index in [1.54, 1.807) is 18.2 Å². The number of ether oxygens (including phenoxy) is 1. The third-order valence-corrected chi connectivity index (χ3v) is 3.35. The van der Waals surface area contributed by atoms with Gasteiger partial charge in [-0.15, -0.1) is 0 Å². The molecule has 1 aliphatic rings. The van der Waals surface area contributed by atoms with E-state index in [0.717, 1.165) is 19.4 Å². The molecule has 0 aliphatic carbocycles. The highest BCUT2D eigenvalue weighted by atomic mass is 19.1. The number of aliphatic hydroxyl groups is 1. The van der Waals surface area contributed by atoms with Crippen molar-refractivity contribution in [3.8, 4) is 0 Å². The molecule has 100 valence electrons. The molecule has 2 rings (SSSR count). The van der Waals surface area contributed by atoms with Crippen molar-refractivity contribution < 1.29 is 14.2 Å². The second-order valence-electron chi connectivity index (χ2n) is 4.85. The molecule has 3 unspecified atom stereocenters. The third kappa shape index (κ3) is 3.51. The molecule has 18 heavy (non-hydrogen) atoms. The first-order valence-electron chi connectivity index (χ1n) is 6.44. The van der Waals surface area contributed by atoms with Crippen LogP contribution in [0.2, 0.25) is 0 Å². The molecule has 0 spiro atoms. The summed E-state index contributed by atoms with van der Waals surface area (Å²) < 4.78 is 18.9. The molecule has 1 heterocycles. The van der Waals surface area contributed by atoms with Crippen molar-refractivity contribution in [2.24, 2.45) is 0 Å². The van der Waals surface area contributed by atoms with Crippen LogP contribution in [-0.4, -0.2) is 30.4 Å². The zero-order valence-electron chi connectivity index (χ0n) is 10.6. The SMILES string of the molecule is CC1CC(NCC(O)c2ccccc2F)CCO1. The van der Waals surface area contributed by atoms with Gasteiger partial charge in [-0.2, -0.15) is 0 Å². The van der Waals surface area contributed by atoms with Gasteiger partial charge in [-0.05, 0) is 25.8 Å². The summed E-state index contributed by atoms with van der Waals surface area (Å²) in [4.78, 5) is 0. The van der Waals surface area contributed by atoms with E-state index < -0.39 is 6.10 Å². The highest BCUT2D eigenvalue weighted by Gasteiger charge is 2.20. The van der Waals surface area contributed by atoms with E-state index in [9.17, 15) is 9.50 Å². The number of halogens is 1. The highest BCUT2D eigenvalue weighted by molar-refractivity contribution is 5.20. The summed E-state index contributed by atoms with van der Waals surface area (Å²) in [5, 5.41) is 13.2. The standard InChI is InChI=1S/C14H20FNO2/c1-10-8-11(6-7-18-10)16-9-14(17)12-4-2-3-5-13(12)15/h2-5,10-11,14,16-17H,6-9H2,1H3. The molecule has 0 bridgehead atoms. The Kier molecular flexibility index (Phi) is 4.69. The summed E-state index contributed by atoms with van der Waals surface area (Å²) >= 11 is 0. The molecule has 1 saturated heterocycles. The fourth-order valence-corrected chi connectivity index (χ4v) is 2.32. The van der Waals surface area contributed by atoms with Crippen molar-refractivity contribution in [1.29, 1.82) is 0 Å². The number of aliphatic hydroxyl groups excluding tert-OH is 1. The highest BCUT2D eigenvalue weighted by Crippen LogP contribution is 2.18. The van der Waals surface area contributed by atoms with E-state index >= 15 is 0 Å². The normalized spacial score (nSPS) is 25.9. The maximum Gasteiger partial charge on any atom is 0.129 e. The number of hydrogen-bond acceptors (Lipinski definition) is 3. The third-order valence-electron chi connectivity index (χ3n) is 3.35. The largest absolute Gasteiger partial charge is 0.387 e. The molecule has 0 radical (unpaired) electrons. The van der Waals surface area contributed by atoms with Gasteiger partial charge in [0.05, 0.1) is 12.2 Å². The fourth-order valence-electron chi connectivity index (χ4n) is 2.32. The van der Waals surface area contributed by atoms with Gasteiger partial charge < -0.3 is 15.2 Å². The van der Waals surface area contributed by atoms with Gasteiger partial charge in [0.1, 0.15) is 5.82 Å². The Labute approximate surface area is 107 Å². The second kappa shape index (κ2) is 6.27. The Balaban J connectivity index is 1.84. The lowest BCUT2D eigenvalue weighted by molar-refractivity contribution is 0.0109. The summed E-state index contributed by atoms with van der Waals surface area (Å²) in [5.41, 5.74) is 0.352. The fraction of sp³-hybridized carbons (Fsp3) is 0.571. The maximum atomic E-state index is 13.5. The topological polar surface area (TPSA) is 41.5 Å². The van der Waals surface area contributed by atoms with Gasteiger partial charge in [0.25, 0.3) is 0 Å². The minimum Gasteiger partial charge on any atom is -0.387 e. The molecule has 0 amide bonds. The van der Waals surface area contributed by atoms with Crippen LogP contribution >= 0.6 is 0 Å². The maximum absolute atomic E-state index is 13.5. The van der Waals surface area contributed by atoms with E-state index in [1.807, 2.05) is 6.92 Å². The Morgan fingerprint density at radius 1 is 1.50 bits per heavy atom. The smallest absolute Gasteiger partial charge is 0.129 e. The first-order chi connectivity index (χ1) is 8.66. The van der Waals surface area contributed by atoms with Gasteiger partial charge in [-0.25, -0.2) is 4.39 Å². The molecule has 4 heteroatoms. The van der Waals surface area contributed by atoms with Gasteiger partial charge in [0, 0.05) is 24.8 Å². The molecular weight excluding hydrogens is 233 g/mol. The average Bonchev–Trinajstić information content (AvgIpc) is 2.37. The summed E-state index contributed by atoms with van der Waals surface area (Å²) in [5.74, 6) is -0.354. The van der Waals surface area contributed by atoms with E-state index in [-0.39, 0.29) is 11.9 Å². The molecule has 0 aromatic heterocycles. The molecule has 2 N–H and O–H groups in total. The van der Waals surface area contributed by atoms with Gasteiger partial charge in [0.15, 0.2) is 0 Å². The molecule has 1 fully saturated rings. The van der Waals surface area contributed by atoms with E-state index in [0.29, 0.717) is 18.2 Å². The van der Waals surface area contributed by atoms with Crippen LogP contribution in [0.1, 0.15) is 31.4 Å². The van der Waals surface area contributed by atoms with Crippen LogP contribution < -0.4 is 5.32 Å². The van der Waals surface area contributed by atoms with Crippen molar-refractivity contribution in [3.05, 3.63) is 35.6 Å². The summed E-state index contributed by atoms with van der Waals surface area (Å²) in [7, 11) is 0. The number of nitrogens with one attached hydrogen (secondary N) is 1. The summed E-state index contributed by atoms with van der Waals surface area (Å²) in [6.45, 7) is 3.16. The number of rotatable bonds is 4. The van der Waals surface area contributed by atoms with E-state index in [1.165, 1.54) is 6.07 Å². The molecule has 3 atom stereocenters. The van der Waals surface area contributed by atoms with Crippen LogP contribution in [0.4, 0.5) is 4.39 Å². The lowest BCUT2D eigenvalue weighted by Gasteiger charge is -2.28. The molecule has 0 saturated carbocycles. The van der Waals surface area contributed by atoms with Crippen molar-refractivity contribution in [2.45, 2.75) is 38.0 Å². The van der Waals surface area contributed by atoms with Gasteiger partial charge >= 0.3 is 0 Å². The zero-order chi connectivity index (χ0) is 13.0. The summed E-state index contributed by atoms with van der Waals surface area (Å²) in [6.07, 6.45) is 1.32. The number of benzene rings is 1. The van der Waals surface area contributed by atoms with Crippen LogP contribution in [-0.2, 0) is 4.74 Å². The minimum atomic E-state index is -0.802. The van der Waals surface area contributed by atoms with Gasteiger partial charge in [0.2, 0.25) is 0 Å². The van der Waals surface area contributed by atoms with Crippen molar-refractivity contribution >= 4 is 0 Å². The van der Waals surface area contributed by atoms with E-state index in [4.69, 9.17) is 4.74 Å². The first-order valence-corrected chi connectivity index (χ1v) is 6.44. The predicted octanol–water partition coefficient (Wildman–Crippen LogP) is 2.02. The summed E-state index contributed by atoms with van der Waals surface area (Å²) in [6, 6.07) is 6.69. The van der Waals surface area contributed by atoms with Crippen molar-refractivity contribution in [1.82, 2.24) is 5.32 Å². The quantitative estimate of drug-likeness (QED) is 0.862. The zero-order valence-corrected chi connectivity index (χ0v) is 10.6. The molecule has 3 nitrogen and oxygen atoms in total. The molecular formula is C14H20FNO2. The van der Waals surface area contributed by atoms with Crippen LogP contribution in [0, 0.1) is 5.82 Å². The molecule has 1 aliphatic heterocycles. The van der Waals surface area contributed by atoms with Crippen molar-refractivity contribution in [3.63, 3.8) is 0 Å². The van der Waals surface area contributed by atoms with E-state index in [2.05, 4.69) is 5.32 Å². The van der Waals surface area contributed by atoms with Crippen LogP contribution in [0.5, 0.6) is 0 Å². The molecule has 1 aromatic carbocycles. The lowest BCUT2D eigenvalue weighted by atomic mass is 10.0. The average molecular weight is 253 g/mol. The van der Waals surface area contributed by atoms with Crippen molar-refractivity contribution in [2.75, 3.05) is 13.2 Å². The van der Waals surface area contributed by atoms with Crippen LogP contribution in [0.3, 0.4) is 0 Å². The lowest BCUT2D eigenvalue weighted by Crippen LogP contribution is -2.39. The monoisotopic (exact) mass is 253 g/mol. The Morgan fingerprint density at radius 2 is 2.28 bits per heavy atom. The number of hydrogen-bond donors (Lipinski definition) is 2. The Bertz CT molecular complexity index is 386. The first kappa shape index (κ1) is 13.5. The molecule has 1 aromatic rings. The predicted molar refractivity (Wildman–Crippen MR) is 67.8 cm³/mol. The van der Waals surface area contributed by atoms with Gasteiger partial charge in [-0.1, -0.05) is 18.2 Å². The van der Waals surface area contributed by atoms with Gasteiger partial charge in [-0.3, -0.25) is 0 Å². The Morgan fingerprint density at radius 3 is 3.00 bits per heavy atom. The van der Waals surface area contributed by atoms with Crippen LogP contribution in [0.15, 0.2) is 24.3 Å². The Hall–Kier alpha value is -0.970. The van der Waals surface area contributed by atoms with Crippen LogP contribution in [0.25, 0.3) is 0 Å². The second-order valence-corrected chi connectivity index (χ2v) is 4.85. The minimum absolute atomic E-state index is 0.252.